The summed E-state index contributed by atoms with van der Waals surface area (Å²) in [4.78, 5) is 14.9. The van der Waals surface area contributed by atoms with Crippen LogP contribution in [0.4, 0.5) is 0 Å². The van der Waals surface area contributed by atoms with Crippen molar-refractivity contribution < 1.29 is 9.53 Å². The molecule has 0 radical (unpaired) electrons. The number of amides is 1. The molecule has 2 aromatic rings. The Labute approximate surface area is 199 Å². The molecule has 5 heteroatoms. The molecule has 0 aliphatic rings. The number of unbranched alkanes of at least 4 members (excludes halogenated alkanes) is 8. The molecular weight excluding hydrogens is 420 g/mol. The monoisotopic (exact) mass is 460 g/mol. The summed E-state index contributed by atoms with van der Waals surface area (Å²) in [6, 6.07) is 12.1. The van der Waals surface area contributed by atoms with Gasteiger partial charge in [0.25, 0.3) is 0 Å². The molecule has 1 aromatic carbocycles. The van der Waals surface area contributed by atoms with E-state index in [1.54, 1.807) is 7.11 Å². The van der Waals surface area contributed by atoms with Crippen molar-refractivity contribution in [1.82, 2.24) is 9.47 Å². The Hall–Kier alpha value is -1.78. The first-order valence-corrected chi connectivity index (χ1v) is 12.7. The summed E-state index contributed by atoms with van der Waals surface area (Å²) in [5.41, 5.74) is 2.28. The van der Waals surface area contributed by atoms with Crippen LogP contribution in [0, 0.1) is 0 Å². The molecule has 1 amide bonds. The molecular formula is C27H41ClN2O2. The lowest BCUT2D eigenvalue weighted by Crippen LogP contribution is -2.34. The number of hydrogen-bond acceptors (Lipinski definition) is 2. The van der Waals surface area contributed by atoms with Crippen LogP contribution in [-0.2, 0) is 22.6 Å². The van der Waals surface area contributed by atoms with Crippen LogP contribution in [0.3, 0.4) is 0 Å². The zero-order valence-electron chi connectivity index (χ0n) is 20.0. The number of benzene rings is 1. The van der Waals surface area contributed by atoms with E-state index in [1.807, 2.05) is 29.2 Å². The van der Waals surface area contributed by atoms with Crippen molar-refractivity contribution in [3.63, 3.8) is 0 Å². The van der Waals surface area contributed by atoms with Crippen LogP contribution in [0.2, 0.25) is 5.02 Å². The zero-order chi connectivity index (χ0) is 23.0. The van der Waals surface area contributed by atoms with Gasteiger partial charge in [0.15, 0.2) is 0 Å². The van der Waals surface area contributed by atoms with E-state index < -0.39 is 0 Å². The normalized spacial score (nSPS) is 11.1. The first kappa shape index (κ1) is 26.5. The Kier molecular flexibility index (Phi) is 13.2. The summed E-state index contributed by atoms with van der Waals surface area (Å²) >= 11 is 6.14. The van der Waals surface area contributed by atoms with Gasteiger partial charge in [-0.1, -0.05) is 82.0 Å². The second kappa shape index (κ2) is 15.9. The Morgan fingerprint density at radius 2 is 1.72 bits per heavy atom. The van der Waals surface area contributed by atoms with E-state index in [2.05, 4.69) is 29.8 Å². The topological polar surface area (TPSA) is 34.5 Å². The molecule has 1 aromatic heterocycles. The molecule has 0 atom stereocenters. The number of halogens is 1. The second-order valence-electron chi connectivity index (χ2n) is 8.64. The molecule has 1 heterocycles. The Bertz CT molecular complexity index is 775. The van der Waals surface area contributed by atoms with E-state index in [-0.39, 0.29) is 5.91 Å². The highest BCUT2D eigenvalue weighted by atomic mass is 35.5. The maximum atomic E-state index is 12.9. The largest absolute Gasteiger partial charge is 0.383 e. The van der Waals surface area contributed by atoms with Gasteiger partial charge in [-0.05, 0) is 36.2 Å². The van der Waals surface area contributed by atoms with Gasteiger partial charge < -0.3 is 14.2 Å². The van der Waals surface area contributed by atoms with Gasteiger partial charge in [-0.2, -0.15) is 0 Å². The standard InChI is InChI=1S/C27H41ClN2O2/c1-3-4-5-6-7-8-9-10-11-17-27(31)30(19-20-32-2)23-26-16-13-18-29(26)22-24-14-12-15-25(28)21-24/h12-16,18,21H,3-11,17,19-20,22-23H2,1-2H3. The van der Waals surface area contributed by atoms with Crippen LogP contribution in [-0.4, -0.2) is 35.6 Å². The summed E-state index contributed by atoms with van der Waals surface area (Å²) in [6.45, 7) is 4.78. The summed E-state index contributed by atoms with van der Waals surface area (Å²) < 4.78 is 7.45. The number of methoxy groups -OCH3 is 1. The molecule has 2 rings (SSSR count). The van der Waals surface area contributed by atoms with Crippen molar-refractivity contribution in [3.8, 4) is 0 Å². The van der Waals surface area contributed by atoms with Gasteiger partial charge in [0, 0.05) is 43.5 Å². The third kappa shape index (κ3) is 10.2. The molecule has 0 saturated carbocycles. The van der Waals surface area contributed by atoms with Crippen molar-refractivity contribution >= 4 is 17.5 Å². The van der Waals surface area contributed by atoms with E-state index in [1.165, 1.54) is 44.9 Å². The number of carbonyl (C=O) groups excluding carboxylic acids is 1. The van der Waals surface area contributed by atoms with Gasteiger partial charge in [0.1, 0.15) is 0 Å². The van der Waals surface area contributed by atoms with Crippen LogP contribution in [0.5, 0.6) is 0 Å². The molecule has 0 N–H and O–H groups in total. The van der Waals surface area contributed by atoms with Crippen LogP contribution in [0.25, 0.3) is 0 Å². The van der Waals surface area contributed by atoms with Gasteiger partial charge in [-0.3, -0.25) is 4.79 Å². The van der Waals surface area contributed by atoms with E-state index in [9.17, 15) is 4.79 Å². The third-order valence-corrected chi connectivity index (χ3v) is 6.17. The number of carbonyl (C=O) groups is 1. The van der Waals surface area contributed by atoms with Crippen molar-refractivity contribution in [1.29, 1.82) is 0 Å². The number of hydrogen-bond donors (Lipinski definition) is 0. The van der Waals surface area contributed by atoms with Crippen molar-refractivity contribution in [2.75, 3.05) is 20.3 Å². The molecule has 32 heavy (non-hydrogen) atoms. The highest BCUT2D eigenvalue weighted by Gasteiger charge is 2.15. The quantitative estimate of drug-likeness (QED) is 0.236. The SMILES string of the molecule is CCCCCCCCCCCC(=O)N(CCOC)Cc1cccn1Cc1cccc(Cl)c1. The number of rotatable bonds is 17. The third-order valence-electron chi connectivity index (χ3n) is 5.93. The van der Waals surface area contributed by atoms with Gasteiger partial charge in [-0.25, -0.2) is 0 Å². The lowest BCUT2D eigenvalue weighted by molar-refractivity contribution is -0.132. The maximum absolute atomic E-state index is 12.9. The minimum atomic E-state index is 0.223. The maximum Gasteiger partial charge on any atom is 0.222 e. The van der Waals surface area contributed by atoms with Crippen molar-refractivity contribution in [2.24, 2.45) is 0 Å². The average Bonchev–Trinajstić information content (AvgIpc) is 3.21. The Morgan fingerprint density at radius 1 is 1.00 bits per heavy atom. The average molecular weight is 461 g/mol. The van der Waals surface area contributed by atoms with Crippen LogP contribution in [0.15, 0.2) is 42.6 Å². The first-order valence-electron chi connectivity index (χ1n) is 12.3. The second-order valence-corrected chi connectivity index (χ2v) is 9.08. The summed E-state index contributed by atoms with van der Waals surface area (Å²) in [5, 5.41) is 0.745. The molecule has 0 saturated heterocycles. The van der Waals surface area contributed by atoms with Gasteiger partial charge in [0.2, 0.25) is 5.91 Å². The van der Waals surface area contributed by atoms with E-state index in [0.717, 1.165) is 35.7 Å². The molecule has 0 bridgehead atoms. The highest BCUT2D eigenvalue weighted by Crippen LogP contribution is 2.16. The van der Waals surface area contributed by atoms with Gasteiger partial charge >= 0.3 is 0 Å². The summed E-state index contributed by atoms with van der Waals surface area (Å²) in [6.07, 6.45) is 14.0. The van der Waals surface area contributed by atoms with Crippen molar-refractivity contribution in [2.45, 2.75) is 84.2 Å². The first-order chi connectivity index (χ1) is 15.6. The number of nitrogens with zero attached hydrogens (tertiary/aromatic N) is 2. The van der Waals surface area contributed by atoms with Gasteiger partial charge in [-0.15, -0.1) is 0 Å². The van der Waals surface area contributed by atoms with E-state index in [0.29, 0.717) is 26.1 Å². The predicted octanol–water partition coefficient (Wildman–Crippen LogP) is 7.09. The summed E-state index contributed by atoms with van der Waals surface area (Å²) in [5.74, 6) is 0.223. The van der Waals surface area contributed by atoms with Crippen LogP contribution < -0.4 is 0 Å². The molecule has 0 aliphatic heterocycles. The minimum absolute atomic E-state index is 0.223. The molecule has 178 valence electrons. The van der Waals surface area contributed by atoms with Crippen molar-refractivity contribution in [3.05, 3.63) is 58.9 Å². The number of ether oxygens (including phenoxy) is 1. The molecule has 0 spiro atoms. The van der Waals surface area contributed by atoms with Gasteiger partial charge in [0.05, 0.1) is 13.2 Å². The van der Waals surface area contributed by atoms with E-state index in [4.69, 9.17) is 16.3 Å². The fourth-order valence-electron chi connectivity index (χ4n) is 4.01. The molecule has 4 nitrogen and oxygen atoms in total. The lowest BCUT2D eigenvalue weighted by Gasteiger charge is -2.23. The molecule has 0 fully saturated rings. The number of aromatic nitrogens is 1. The lowest BCUT2D eigenvalue weighted by atomic mass is 10.1. The molecule has 0 aliphatic carbocycles. The Balaban J connectivity index is 1.81. The predicted molar refractivity (Wildman–Crippen MR) is 134 cm³/mol. The summed E-state index contributed by atoms with van der Waals surface area (Å²) in [7, 11) is 1.69. The zero-order valence-corrected chi connectivity index (χ0v) is 20.8. The van der Waals surface area contributed by atoms with E-state index >= 15 is 0 Å². The smallest absolute Gasteiger partial charge is 0.222 e. The highest BCUT2D eigenvalue weighted by molar-refractivity contribution is 6.30. The minimum Gasteiger partial charge on any atom is -0.383 e. The fraction of sp³-hybridized carbons (Fsp3) is 0.593. The van der Waals surface area contributed by atoms with Crippen LogP contribution >= 0.6 is 11.6 Å². The van der Waals surface area contributed by atoms with Crippen LogP contribution in [0.1, 0.15) is 82.4 Å². The Morgan fingerprint density at radius 3 is 2.41 bits per heavy atom. The molecule has 0 unspecified atom stereocenters. The fourth-order valence-corrected chi connectivity index (χ4v) is 4.23.